The van der Waals surface area contributed by atoms with E-state index < -0.39 is 22.8 Å². The zero-order chi connectivity index (χ0) is 16.0. The summed E-state index contributed by atoms with van der Waals surface area (Å²) in [6, 6.07) is 2.01. The van der Waals surface area contributed by atoms with E-state index in [1.54, 1.807) is 0 Å². The SMILES string of the molecule is CCc1cc2c(n1C)CCCc1c-2[nH]c(=O)c(C(=O)O)c1O. The lowest BCUT2D eigenvalue weighted by atomic mass is 10.0. The summed E-state index contributed by atoms with van der Waals surface area (Å²) in [5.74, 6) is -1.81. The second kappa shape index (κ2) is 5.05. The molecule has 0 fully saturated rings. The normalized spacial score (nSPS) is 13.4. The first-order chi connectivity index (χ1) is 10.5. The number of nitrogens with zero attached hydrogens (tertiary/aromatic N) is 1. The van der Waals surface area contributed by atoms with Gasteiger partial charge in [0.2, 0.25) is 0 Å². The molecule has 0 saturated heterocycles. The van der Waals surface area contributed by atoms with Crippen LogP contribution < -0.4 is 5.56 Å². The minimum absolute atomic E-state index is 0.402. The minimum Gasteiger partial charge on any atom is -0.506 e. The topological polar surface area (TPSA) is 95.3 Å². The Balaban J connectivity index is 2.34. The van der Waals surface area contributed by atoms with E-state index in [0.29, 0.717) is 17.7 Å². The molecule has 0 aliphatic heterocycles. The van der Waals surface area contributed by atoms with Crippen molar-refractivity contribution in [3.8, 4) is 17.0 Å². The van der Waals surface area contributed by atoms with Crippen molar-refractivity contribution in [2.45, 2.75) is 32.6 Å². The number of rotatable bonds is 2. The predicted octanol–water partition coefficient (Wildman–Crippen LogP) is 1.84. The van der Waals surface area contributed by atoms with Crippen LogP contribution in [0.1, 0.15) is 40.7 Å². The molecule has 2 aromatic rings. The summed E-state index contributed by atoms with van der Waals surface area (Å²) >= 11 is 0. The number of carboxylic acids is 1. The van der Waals surface area contributed by atoms with Gasteiger partial charge in [0.1, 0.15) is 5.75 Å². The number of nitrogens with one attached hydrogen (secondary N) is 1. The number of aromatic amines is 1. The van der Waals surface area contributed by atoms with Gasteiger partial charge < -0.3 is 19.8 Å². The van der Waals surface area contributed by atoms with Crippen molar-refractivity contribution < 1.29 is 15.0 Å². The van der Waals surface area contributed by atoms with Crippen LogP contribution >= 0.6 is 0 Å². The molecule has 3 N–H and O–H groups in total. The Labute approximate surface area is 127 Å². The van der Waals surface area contributed by atoms with Crippen LogP contribution in [0.25, 0.3) is 11.3 Å². The van der Waals surface area contributed by atoms with Gasteiger partial charge in [-0.15, -0.1) is 0 Å². The first-order valence-corrected chi connectivity index (χ1v) is 7.35. The second-order valence-electron chi connectivity index (χ2n) is 5.60. The van der Waals surface area contributed by atoms with Gasteiger partial charge in [0.05, 0.1) is 5.69 Å². The lowest BCUT2D eigenvalue weighted by Gasteiger charge is -2.10. The van der Waals surface area contributed by atoms with E-state index in [1.807, 2.05) is 13.1 Å². The van der Waals surface area contributed by atoms with Gasteiger partial charge in [-0.05, 0) is 31.7 Å². The van der Waals surface area contributed by atoms with E-state index in [0.717, 1.165) is 36.2 Å². The Morgan fingerprint density at radius 1 is 1.41 bits per heavy atom. The van der Waals surface area contributed by atoms with Crippen LogP contribution in [0.3, 0.4) is 0 Å². The second-order valence-corrected chi connectivity index (χ2v) is 5.60. The van der Waals surface area contributed by atoms with E-state index >= 15 is 0 Å². The number of fused-ring (bicyclic) bond motifs is 3. The Hall–Kier alpha value is -2.50. The van der Waals surface area contributed by atoms with Crippen molar-refractivity contribution in [2.24, 2.45) is 7.05 Å². The molecule has 0 atom stereocenters. The number of hydrogen-bond donors (Lipinski definition) is 3. The number of aromatic hydroxyl groups is 1. The van der Waals surface area contributed by atoms with E-state index in [-0.39, 0.29) is 0 Å². The van der Waals surface area contributed by atoms with Crippen molar-refractivity contribution >= 4 is 5.97 Å². The van der Waals surface area contributed by atoms with Gasteiger partial charge in [-0.1, -0.05) is 6.92 Å². The lowest BCUT2D eigenvalue weighted by molar-refractivity contribution is 0.0691. The summed E-state index contributed by atoms with van der Waals surface area (Å²) in [6.07, 6.45) is 3.01. The van der Waals surface area contributed by atoms with Gasteiger partial charge in [-0.2, -0.15) is 0 Å². The van der Waals surface area contributed by atoms with Gasteiger partial charge in [0.15, 0.2) is 5.56 Å². The highest BCUT2D eigenvalue weighted by molar-refractivity contribution is 5.92. The number of aryl methyl sites for hydroxylation is 1. The average Bonchev–Trinajstić information content (AvgIpc) is 2.65. The van der Waals surface area contributed by atoms with Crippen LogP contribution in [0.15, 0.2) is 10.9 Å². The van der Waals surface area contributed by atoms with E-state index in [4.69, 9.17) is 5.11 Å². The van der Waals surface area contributed by atoms with Crippen LogP contribution in [-0.2, 0) is 26.3 Å². The molecule has 2 aromatic heterocycles. The smallest absolute Gasteiger partial charge is 0.345 e. The summed E-state index contributed by atoms with van der Waals surface area (Å²) in [7, 11) is 1.99. The fourth-order valence-corrected chi connectivity index (χ4v) is 3.29. The van der Waals surface area contributed by atoms with Gasteiger partial charge in [-0.25, -0.2) is 4.79 Å². The maximum absolute atomic E-state index is 12.0. The van der Waals surface area contributed by atoms with Crippen molar-refractivity contribution in [3.05, 3.63) is 38.9 Å². The predicted molar refractivity (Wildman–Crippen MR) is 81.5 cm³/mol. The maximum Gasteiger partial charge on any atom is 0.345 e. The summed E-state index contributed by atoms with van der Waals surface area (Å²) < 4.78 is 2.12. The van der Waals surface area contributed by atoms with E-state index in [2.05, 4.69) is 16.5 Å². The van der Waals surface area contributed by atoms with Gasteiger partial charge in [0.25, 0.3) is 5.56 Å². The molecular weight excluding hydrogens is 284 g/mol. The number of carboxylic acid groups (broad SMARTS) is 1. The Morgan fingerprint density at radius 2 is 2.14 bits per heavy atom. The van der Waals surface area contributed by atoms with Crippen molar-refractivity contribution in [1.29, 1.82) is 0 Å². The number of H-pyrrole nitrogens is 1. The van der Waals surface area contributed by atoms with Crippen LogP contribution in [-0.4, -0.2) is 25.7 Å². The molecule has 0 amide bonds. The van der Waals surface area contributed by atoms with E-state index in [9.17, 15) is 14.7 Å². The molecule has 1 aliphatic carbocycles. The first-order valence-electron chi connectivity index (χ1n) is 7.35. The Bertz CT molecular complexity index is 830. The zero-order valence-electron chi connectivity index (χ0n) is 12.6. The summed E-state index contributed by atoms with van der Waals surface area (Å²) in [6.45, 7) is 2.06. The quantitative estimate of drug-likeness (QED) is 0.788. The monoisotopic (exact) mass is 302 g/mol. The van der Waals surface area contributed by atoms with Crippen molar-refractivity contribution in [2.75, 3.05) is 0 Å². The number of carbonyl (C=O) groups is 1. The lowest BCUT2D eigenvalue weighted by Crippen LogP contribution is -2.19. The van der Waals surface area contributed by atoms with Gasteiger partial charge in [-0.3, -0.25) is 4.79 Å². The number of hydrogen-bond acceptors (Lipinski definition) is 3. The minimum atomic E-state index is -1.41. The molecule has 6 heteroatoms. The molecular formula is C16H18N2O4. The molecule has 1 aliphatic rings. The Morgan fingerprint density at radius 3 is 2.77 bits per heavy atom. The molecule has 6 nitrogen and oxygen atoms in total. The molecule has 116 valence electrons. The average molecular weight is 302 g/mol. The fraction of sp³-hybridized carbons (Fsp3) is 0.375. The highest BCUT2D eigenvalue weighted by Crippen LogP contribution is 2.37. The van der Waals surface area contributed by atoms with E-state index in [1.165, 1.54) is 0 Å². The number of aromatic nitrogens is 2. The van der Waals surface area contributed by atoms with Crippen LogP contribution in [0.4, 0.5) is 0 Å². The maximum atomic E-state index is 12.0. The van der Waals surface area contributed by atoms with Crippen LogP contribution in [0.2, 0.25) is 0 Å². The zero-order valence-corrected chi connectivity index (χ0v) is 12.6. The third-order valence-electron chi connectivity index (χ3n) is 4.43. The largest absolute Gasteiger partial charge is 0.506 e. The standard InChI is InChI=1S/C16H18N2O4/c1-3-8-7-10-11(18(8)2)6-4-5-9-13(10)17-15(20)12(14(9)19)16(21)22/h7H,3-6H2,1-2H3,(H,21,22)(H2,17,19,20). The molecule has 0 radical (unpaired) electrons. The first kappa shape index (κ1) is 14.4. The highest BCUT2D eigenvalue weighted by atomic mass is 16.4. The third kappa shape index (κ3) is 1.94. The Kier molecular flexibility index (Phi) is 3.31. The van der Waals surface area contributed by atoms with Crippen LogP contribution in [0, 0.1) is 0 Å². The summed E-state index contributed by atoms with van der Waals surface area (Å²) in [4.78, 5) is 25.9. The summed E-state index contributed by atoms with van der Waals surface area (Å²) in [5.41, 5.74) is 2.86. The molecule has 3 rings (SSSR count). The fourth-order valence-electron chi connectivity index (χ4n) is 3.29. The molecule has 0 bridgehead atoms. The molecule has 0 aromatic carbocycles. The van der Waals surface area contributed by atoms with Crippen molar-refractivity contribution in [1.82, 2.24) is 9.55 Å². The molecule has 0 spiro atoms. The van der Waals surface area contributed by atoms with Crippen molar-refractivity contribution in [3.63, 3.8) is 0 Å². The number of pyridine rings is 1. The molecule has 0 saturated carbocycles. The summed E-state index contributed by atoms with van der Waals surface area (Å²) in [5, 5.41) is 19.4. The van der Waals surface area contributed by atoms with Gasteiger partial charge >= 0.3 is 5.97 Å². The highest BCUT2D eigenvalue weighted by Gasteiger charge is 2.27. The third-order valence-corrected chi connectivity index (χ3v) is 4.43. The van der Waals surface area contributed by atoms with Gasteiger partial charge in [0, 0.05) is 29.6 Å². The molecule has 22 heavy (non-hydrogen) atoms. The molecule has 2 heterocycles. The number of aromatic carboxylic acids is 1. The molecule has 0 unspecified atom stereocenters. The van der Waals surface area contributed by atoms with Crippen LogP contribution in [0.5, 0.6) is 5.75 Å².